The molecule has 0 saturated heterocycles. The number of hydrogen-bond donors (Lipinski definition) is 1. The maximum atomic E-state index is 11.6. The highest BCUT2D eigenvalue weighted by molar-refractivity contribution is 6.01. The molecule has 2 heteroatoms. The van der Waals surface area contributed by atoms with Gasteiger partial charge in [-0.05, 0) is 61.2 Å². The van der Waals surface area contributed by atoms with Gasteiger partial charge in [-0.3, -0.25) is 4.79 Å². The molecular weight excluding hydrogens is 248 g/mol. The van der Waals surface area contributed by atoms with E-state index in [9.17, 15) is 9.90 Å². The van der Waals surface area contributed by atoms with Gasteiger partial charge in [-0.2, -0.15) is 0 Å². The van der Waals surface area contributed by atoms with Gasteiger partial charge < -0.3 is 5.11 Å². The van der Waals surface area contributed by atoms with Gasteiger partial charge >= 0.3 is 0 Å². The Morgan fingerprint density at radius 2 is 2.05 bits per heavy atom. The number of allylic oxidation sites excluding steroid dienone is 6. The van der Waals surface area contributed by atoms with Crippen LogP contribution < -0.4 is 0 Å². The Hall–Kier alpha value is -1.15. The van der Waals surface area contributed by atoms with Gasteiger partial charge in [0.15, 0.2) is 5.78 Å². The monoisotopic (exact) mass is 270 g/mol. The number of rotatable bonds is 0. The molecule has 0 aliphatic heterocycles. The van der Waals surface area contributed by atoms with Crippen molar-refractivity contribution < 1.29 is 9.90 Å². The second-order valence-corrected chi connectivity index (χ2v) is 7.30. The van der Waals surface area contributed by atoms with Crippen LogP contribution in [0.2, 0.25) is 0 Å². The lowest BCUT2D eigenvalue weighted by atomic mass is 9.53. The molecule has 2 saturated carbocycles. The molecule has 4 aliphatic carbocycles. The van der Waals surface area contributed by atoms with E-state index < -0.39 is 5.60 Å². The number of aliphatic hydroxyl groups is 1. The average Bonchev–Trinajstić information content (AvgIpc) is 2.81. The highest BCUT2D eigenvalue weighted by Gasteiger charge is 2.55. The van der Waals surface area contributed by atoms with E-state index >= 15 is 0 Å². The lowest BCUT2D eigenvalue weighted by Crippen LogP contribution is -2.50. The van der Waals surface area contributed by atoms with Crippen LogP contribution in [0.5, 0.6) is 0 Å². The fourth-order valence-corrected chi connectivity index (χ4v) is 5.28. The van der Waals surface area contributed by atoms with Gasteiger partial charge in [0.05, 0.1) is 5.60 Å². The van der Waals surface area contributed by atoms with E-state index in [1.54, 1.807) is 12.2 Å². The van der Waals surface area contributed by atoms with Crippen LogP contribution in [-0.4, -0.2) is 16.5 Å². The molecule has 0 aromatic carbocycles. The Morgan fingerprint density at radius 1 is 1.20 bits per heavy atom. The summed E-state index contributed by atoms with van der Waals surface area (Å²) in [4.78, 5) is 11.6. The summed E-state index contributed by atoms with van der Waals surface area (Å²) in [5.74, 6) is 1.53. The van der Waals surface area contributed by atoms with Crippen LogP contribution in [0.25, 0.3) is 0 Å². The van der Waals surface area contributed by atoms with Gasteiger partial charge in [0, 0.05) is 5.41 Å². The van der Waals surface area contributed by atoms with Crippen molar-refractivity contribution in [3.05, 3.63) is 36.0 Å². The van der Waals surface area contributed by atoms with Crippen molar-refractivity contribution in [1.82, 2.24) is 0 Å². The lowest BCUT2D eigenvalue weighted by Gasteiger charge is -2.53. The molecule has 20 heavy (non-hydrogen) atoms. The molecule has 2 nitrogen and oxygen atoms in total. The molecule has 106 valence electrons. The fourth-order valence-electron chi connectivity index (χ4n) is 5.28. The summed E-state index contributed by atoms with van der Waals surface area (Å²) in [6.07, 6.45) is 15.3. The number of carbonyl (C=O) groups excluding carboxylic acids is 1. The minimum absolute atomic E-state index is 0.0166. The zero-order chi connectivity index (χ0) is 14.0. The number of ketones is 1. The molecule has 0 radical (unpaired) electrons. The van der Waals surface area contributed by atoms with Crippen molar-refractivity contribution in [2.45, 2.75) is 44.6 Å². The number of fused-ring (bicyclic) bond motifs is 5. The Morgan fingerprint density at radius 3 is 2.90 bits per heavy atom. The van der Waals surface area contributed by atoms with Crippen molar-refractivity contribution in [3.63, 3.8) is 0 Å². The highest BCUT2D eigenvalue weighted by atomic mass is 16.3. The Balaban J connectivity index is 1.78. The first kappa shape index (κ1) is 12.6. The third kappa shape index (κ3) is 1.52. The molecule has 0 spiro atoms. The van der Waals surface area contributed by atoms with Gasteiger partial charge in [0.1, 0.15) is 0 Å². The molecule has 4 rings (SSSR count). The summed E-state index contributed by atoms with van der Waals surface area (Å²) in [6.45, 7) is 2.27. The minimum Gasteiger partial charge on any atom is -0.390 e. The molecule has 0 aromatic rings. The molecule has 4 aliphatic rings. The first-order valence-corrected chi connectivity index (χ1v) is 7.89. The zero-order valence-corrected chi connectivity index (χ0v) is 12.0. The predicted octanol–water partition coefficient (Wildman–Crippen LogP) is 3.19. The topological polar surface area (TPSA) is 37.3 Å². The second-order valence-electron chi connectivity index (χ2n) is 7.30. The van der Waals surface area contributed by atoms with E-state index in [2.05, 4.69) is 25.2 Å². The summed E-state index contributed by atoms with van der Waals surface area (Å²) < 4.78 is 0. The summed E-state index contributed by atoms with van der Waals surface area (Å²) in [5, 5.41) is 10.9. The standard InChI is InChI=1S/C18H22O2/c1-17-9-6-13(19)11-12(17)4-5-14-15(17)7-10-18(20)8-2-3-16(14)18/h4-6,9,11,14-16,20H,2-3,7-8,10H2,1H3/t14-,15+,16+,17+,18-/m1/s1. The average molecular weight is 270 g/mol. The maximum Gasteiger partial charge on any atom is 0.178 e. The van der Waals surface area contributed by atoms with Crippen LogP contribution in [-0.2, 0) is 4.79 Å². The van der Waals surface area contributed by atoms with E-state index in [-0.39, 0.29) is 11.2 Å². The van der Waals surface area contributed by atoms with Crippen molar-refractivity contribution >= 4 is 5.78 Å². The van der Waals surface area contributed by atoms with Crippen molar-refractivity contribution in [3.8, 4) is 0 Å². The van der Waals surface area contributed by atoms with Crippen LogP contribution in [0.4, 0.5) is 0 Å². The summed E-state index contributed by atoms with van der Waals surface area (Å²) >= 11 is 0. The fraction of sp³-hybridized carbons (Fsp3) is 0.611. The molecule has 2 fully saturated rings. The molecule has 5 atom stereocenters. The van der Waals surface area contributed by atoms with Crippen LogP contribution in [0, 0.1) is 23.2 Å². The van der Waals surface area contributed by atoms with Gasteiger partial charge in [-0.1, -0.05) is 31.6 Å². The minimum atomic E-state index is -0.419. The van der Waals surface area contributed by atoms with Gasteiger partial charge in [-0.25, -0.2) is 0 Å². The largest absolute Gasteiger partial charge is 0.390 e. The van der Waals surface area contributed by atoms with E-state index in [1.165, 1.54) is 0 Å². The molecule has 1 N–H and O–H groups in total. The number of hydrogen-bond acceptors (Lipinski definition) is 2. The smallest absolute Gasteiger partial charge is 0.178 e. The lowest BCUT2D eigenvalue weighted by molar-refractivity contribution is -0.111. The van der Waals surface area contributed by atoms with E-state index in [0.717, 1.165) is 37.7 Å². The maximum absolute atomic E-state index is 11.6. The van der Waals surface area contributed by atoms with Crippen LogP contribution in [0.1, 0.15) is 39.0 Å². The van der Waals surface area contributed by atoms with Crippen molar-refractivity contribution in [1.29, 1.82) is 0 Å². The van der Waals surface area contributed by atoms with Gasteiger partial charge in [0.25, 0.3) is 0 Å². The quantitative estimate of drug-likeness (QED) is 0.734. The molecule has 0 bridgehead atoms. The normalized spacial score (nSPS) is 49.4. The first-order valence-electron chi connectivity index (χ1n) is 7.89. The predicted molar refractivity (Wildman–Crippen MR) is 78.0 cm³/mol. The summed E-state index contributed by atoms with van der Waals surface area (Å²) in [6, 6.07) is 0. The van der Waals surface area contributed by atoms with Crippen LogP contribution in [0.15, 0.2) is 36.0 Å². The summed E-state index contributed by atoms with van der Waals surface area (Å²) in [7, 11) is 0. The Labute approximate surface area is 120 Å². The third-order valence-corrected chi connectivity index (χ3v) is 6.41. The summed E-state index contributed by atoms with van der Waals surface area (Å²) in [5.41, 5.74) is 0.726. The van der Waals surface area contributed by atoms with E-state index in [0.29, 0.717) is 17.8 Å². The molecule has 0 heterocycles. The SMILES string of the molecule is C[C@]12C=CC(=O)C=C1C=C[C@H]1[C@@H]3CCC[C@@]3(O)CC[C@@H]12. The molecular formula is C18H22O2. The van der Waals surface area contributed by atoms with Gasteiger partial charge in [0.2, 0.25) is 0 Å². The number of carbonyl (C=O) groups is 1. The highest BCUT2D eigenvalue weighted by Crippen LogP contribution is 2.59. The van der Waals surface area contributed by atoms with Crippen LogP contribution >= 0.6 is 0 Å². The van der Waals surface area contributed by atoms with Crippen LogP contribution in [0.3, 0.4) is 0 Å². The van der Waals surface area contributed by atoms with E-state index in [4.69, 9.17) is 0 Å². The molecule has 0 unspecified atom stereocenters. The Bertz CT molecular complexity index is 556. The molecule has 0 aromatic heterocycles. The van der Waals surface area contributed by atoms with Crippen molar-refractivity contribution in [2.24, 2.45) is 23.2 Å². The van der Waals surface area contributed by atoms with Crippen molar-refractivity contribution in [2.75, 3.05) is 0 Å². The van der Waals surface area contributed by atoms with Gasteiger partial charge in [-0.15, -0.1) is 0 Å². The first-order chi connectivity index (χ1) is 9.53. The Kier molecular flexibility index (Phi) is 2.48. The zero-order valence-electron chi connectivity index (χ0n) is 12.0. The van der Waals surface area contributed by atoms with E-state index in [1.807, 2.05) is 0 Å². The third-order valence-electron chi connectivity index (χ3n) is 6.41. The molecule has 0 amide bonds. The second kappa shape index (κ2) is 3.94.